The molecule has 0 aliphatic heterocycles. The van der Waals surface area contributed by atoms with Crippen LogP contribution in [0.25, 0.3) is 0 Å². The predicted molar refractivity (Wildman–Crippen MR) is 92.5 cm³/mol. The molecule has 2 aromatic carbocycles. The van der Waals surface area contributed by atoms with Crippen LogP contribution in [0.5, 0.6) is 0 Å². The van der Waals surface area contributed by atoms with Gasteiger partial charge in [-0.15, -0.1) is 0 Å². The Balaban J connectivity index is 2.28. The average molecular weight is 367 g/mol. The number of ether oxygens (including phenoxy) is 1. The van der Waals surface area contributed by atoms with Crippen LogP contribution in [0.3, 0.4) is 0 Å². The molecule has 0 spiro atoms. The summed E-state index contributed by atoms with van der Waals surface area (Å²) in [6, 6.07) is 11.3. The van der Waals surface area contributed by atoms with Crippen molar-refractivity contribution in [2.24, 2.45) is 0 Å². The fourth-order valence-corrected chi connectivity index (χ4v) is 2.75. The number of ketones is 1. The van der Waals surface area contributed by atoms with E-state index in [2.05, 4.69) is 0 Å². The second-order valence-electron chi connectivity index (χ2n) is 5.08. The number of carbonyl (C=O) groups is 2. The van der Waals surface area contributed by atoms with Crippen molar-refractivity contribution >= 4 is 35.0 Å². The minimum Gasteiger partial charge on any atom is -0.464 e. The summed E-state index contributed by atoms with van der Waals surface area (Å²) in [6.07, 6.45) is -1.48. The summed E-state index contributed by atoms with van der Waals surface area (Å²) in [4.78, 5) is 24.4. The van der Waals surface area contributed by atoms with Gasteiger partial charge in [-0.25, -0.2) is 4.79 Å². The Morgan fingerprint density at radius 3 is 2.54 bits per heavy atom. The highest BCUT2D eigenvalue weighted by atomic mass is 35.5. The van der Waals surface area contributed by atoms with Crippen LogP contribution < -0.4 is 0 Å². The molecule has 0 aliphatic carbocycles. The molecule has 126 valence electrons. The molecular formula is C18H16Cl2O4. The van der Waals surface area contributed by atoms with Crippen molar-refractivity contribution < 1.29 is 19.4 Å². The third kappa shape index (κ3) is 4.35. The lowest BCUT2D eigenvalue weighted by molar-refractivity contribution is -0.153. The van der Waals surface area contributed by atoms with E-state index < -0.39 is 12.1 Å². The topological polar surface area (TPSA) is 63.6 Å². The van der Waals surface area contributed by atoms with E-state index in [1.807, 2.05) is 0 Å². The minimum absolute atomic E-state index is 0.0303. The molecule has 4 nitrogen and oxygen atoms in total. The van der Waals surface area contributed by atoms with Gasteiger partial charge in [-0.1, -0.05) is 53.5 Å². The van der Waals surface area contributed by atoms with Crippen LogP contribution in [0.1, 0.15) is 34.5 Å². The summed E-state index contributed by atoms with van der Waals surface area (Å²) in [7, 11) is 0. The number of rotatable bonds is 6. The number of carbonyl (C=O) groups excluding carboxylic acids is 2. The van der Waals surface area contributed by atoms with E-state index in [0.29, 0.717) is 15.6 Å². The van der Waals surface area contributed by atoms with Gasteiger partial charge in [-0.05, 0) is 24.6 Å². The van der Waals surface area contributed by atoms with Crippen LogP contribution >= 0.6 is 23.2 Å². The quantitative estimate of drug-likeness (QED) is 0.619. The highest BCUT2D eigenvalue weighted by Gasteiger charge is 2.24. The zero-order chi connectivity index (χ0) is 17.7. The van der Waals surface area contributed by atoms with Crippen LogP contribution in [0, 0.1) is 0 Å². The second-order valence-corrected chi connectivity index (χ2v) is 5.92. The van der Waals surface area contributed by atoms with Gasteiger partial charge in [0.15, 0.2) is 11.9 Å². The minimum atomic E-state index is -1.51. The van der Waals surface area contributed by atoms with E-state index in [9.17, 15) is 14.7 Å². The Labute approximate surface area is 150 Å². The maximum atomic E-state index is 12.6. The van der Waals surface area contributed by atoms with Crippen molar-refractivity contribution in [2.75, 3.05) is 6.61 Å². The largest absolute Gasteiger partial charge is 0.464 e. The molecule has 1 atom stereocenters. The van der Waals surface area contributed by atoms with Gasteiger partial charge >= 0.3 is 5.97 Å². The van der Waals surface area contributed by atoms with Crippen molar-refractivity contribution in [3.63, 3.8) is 0 Å². The van der Waals surface area contributed by atoms with Crippen molar-refractivity contribution in [1.82, 2.24) is 0 Å². The molecule has 0 amide bonds. The van der Waals surface area contributed by atoms with Crippen LogP contribution in [-0.2, 0) is 16.0 Å². The molecule has 0 heterocycles. The van der Waals surface area contributed by atoms with E-state index in [4.69, 9.17) is 27.9 Å². The molecule has 0 saturated carbocycles. The van der Waals surface area contributed by atoms with Crippen LogP contribution in [0.2, 0.25) is 10.0 Å². The summed E-state index contributed by atoms with van der Waals surface area (Å²) in [5.74, 6) is -1.06. The monoisotopic (exact) mass is 366 g/mol. The van der Waals surface area contributed by atoms with E-state index >= 15 is 0 Å². The highest BCUT2D eigenvalue weighted by Crippen LogP contribution is 2.25. The Hall–Kier alpha value is -1.88. The van der Waals surface area contributed by atoms with Gasteiger partial charge < -0.3 is 9.84 Å². The van der Waals surface area contributed by atoms with E-state index in [0.717, 1.165) is 0 Å². The highest BCUT2D eigenvalue weighted by molar-refractivity contribution is 6.35. The molecule has 24 heavy (non-hydrogen) atoms. The van der Waals surface area contributed by atoms with Gasteiger partial charge in [0.1, 0.15) is 0 Å². The van der Waals surface area contributed by atoms with Crippen LogP contribution in [0.4, 0.5) is 0 Å². The molecule has 2 aromatic rings. The molecule has 0 radical (unpaired) electrons. The van der Waals surface area contributed by atoms with Gasteiger partial charge in [0.05, 0.1) is 6.61 Å². The van der Waals surface area contributed by atoms with Crippen molar-refractivity contribution in [3.05, 3.63) is 69.2 Å². The van der Waals surface area contributed by atoms with E-state index in [1.165, 1.54) is 6.07 Å². The molecule has 0 fully saturated rings. The summed E-state index contributed by atoms with van der Waals surface area (Å²) < 4.78 is 4.81. The standard InChI is InChI=1S/C18H16Cl2O4/c1-2-24-18(23)17(22)14-6-4-3-5-13(14)16(21)9-11-7-8-12(19)10-15(11)20/h3-8,10,17,22H,2,9H2,1H3. The first-order valence-electron chi connectivity index (χ1n) is 7.34. The summed E-state index contributed by atoms with van der Waals surface area (Å²) in [5, 5.41) is 11.0. The lowest BCUT2D eigenvalue weighted by Crippen LogP contribution is -2.19. The number of benzene rings is 2. The van der Waals surface area contributed by atoms with Gasteiger partial charge in [0.25, 0.3) is 0 Å². The molecular weight excluding hydrogens is 351 g/mol. The molecule has 1 N–H and O–H groups in total. The number of aliphatic hydroxyl groups is 1. The first-order chi connectivity index (χ1) is 11.4. The number of hydrogen-bond donors (Lipinski definition) is 1. The van der Waals surface area contributed by atoms with E-state index in [-0.39, 0.29) is 29.9 Å². The lowest BCUT2D eigenvalue weighted by Gasteiger charge is -2.14. The number of halogens is 2. The lowest BCUT2D eigenvalue weighted by atomic mass is 9.95. The van der Waals surface area contributed by atoms with Gasteiger partial charge in [0.2, 0.25) is 0 Å². The van der Waals surface area contributed by atoms with Gasteiger partial charge in [-0.2, -0.15) is 0 Å². The first kappa shape index (κ1) is 18.5. The fourth-order valence-electron chi connectivity index (χ4n) is 2.27. The second kappa shape index (κ2) is 8.29. The Bertz CT molecular complexity index is 758. The van der Waals surface area contributed by atoms with Gasteiger partial charge in [-0.3, -0.25) is 4.79 Å². The van der Waals surface area contributed by atoms with Crippen LogP contribution in [-0.4, -0.2) is 23.5 Å². The summed E-state index contributed by atoms with van der Waals surface area (Å²) >= 11 is 11.9. The maximum absolute atomic E-state index is 12.6. The zero-order valence-electron chi connectivity index (χ0n) is 13.0. The summed E-state index contributed by atoms with van der Waals surface area (Å²) in [6.45, 7) is 1.79. The SMILES string of the molecule is CCOC(=O)C(O)c1ccccc1C(=O)Cc1ccc(Cl)cc1Cl. The molecule has 0 aromatic heterocycles. The number of hydrogen-bond acceptors (Lipinski definition) is 4. The average Bonchev–Trinajstić information content (AvgIpc) is 2.57. The van der Waals surface area contributed by atoms with Crippen molar-refractivity contribution in [2.45, 2.75) is 19.4 Å². The Morgan fingerprint density at radius 2 is 1.88 bits per heavy atom. The van der Waals surface area contributed by atoms with Gasteiger partial charge in [0, 0.05) is 27.6 Å². The third-order valence-corrected chi connectivity index (χ3v) is 4.02. The number of esters is 1. The van der Waals surface area contributed by atoms with Crippen molar-refractivity contribution in [1.29, 1.82) is 0 Å². The molecule has 0 bridgehead atoms. The van der Waals surface area contributed by atoms with E-state index in [1.54, 1.807) is 43.3 Å². The Morgan fingerprint density at radius 1 is 1.17 bits per heavy atom. The molecule has 1 unspecified atom stereocenters. The maximum Gasteiger partial charge on any atom is 0.339 e. The van der Waals surface area contributed by atoms with Crippen LogP contribution in [0.15, 0.2) is 42.5 Å². The smallest absolute Gasteiger partial charge is 0.339 e. The number of Topliss-reactive ketones (excluding diaryl/α,β-unsaturated/α-hetero) is 1. The molecule has 2 rings (SSSR count). The number of aliphatic hydroxyl groups excluding tert-OH is 1. The fraction of sp³-hybridized carbons (Fsp3) is 0.222. The molecule has 6 heteroatoms. The zero-order valence-corrected chi connectivity index (χ0v) is 14.5. The third-order valence-electron chi connectivity index (χ3n) is 3.43. The van der Waals surface area contributed by atoms with Crippen molar-refractivity contribution in [3.8, 4) is 0 Å². The molecule has 0 saturated heterocycles. The summed E-state index contributed by atoms with van der Waals surface area (Å²) in [5.41, 5.74) is 1.08. The predicted octanol–water partition coefficient (Wildman–Crippen LogP) is 4.02. The normalized spacial score (nSPS) is 11.8. The molecule has 0 aliphatic rings. The first-order valence-corrected chi connectivity index (χ1v) is 8.10. The Kier molecular flexibility index (Phi) is 6.37.